The van der Waals surface area contributed by atoms with Gasteiger partial charge in [-0.25, -0.2) is 9.97 Å². The number of aromatic nitrogens is 4. The van der Waals surface area contributed by atoms with Gasteiger partial charge in [0.05, 0.1) is 5.52 Å². The van der Waals surface area contributed by atoms with E-state index in [-0.39, 0.29) is 11.4 Å². The zero-order valence-corrected chi connectivity index (χ0v) is 12.3. The predicted octanol–water partition coefficient (Wildman–Crippen LogP) is 2.97. The molecule has 0 aliphatic heterocycles. The van der Waals surface area contributed by atoms with Crippen molar-refractivity contribution in [2.75, 3.05) is 5.73 Å². The fraction of sp³-hybridized carbons (Fsp3) is 0.250. The maximum absolute atomic E-state index is 5.82. The van der Waals surface area contributed by atoms with Crippen molar-refractivity contribution in [3.8, 4) is 11.5 Å². The van der Waals surface area contributed by atoms with Crippen LogP contribution in [0.3, 0.4) is 0 Å². The van der Waals surface area contributed by atoms with Gasteiger partial charge in [-0.3, -0.25) is 0 Å². The lowest BCUT2D eigenvalue weighted by Crippen LogP contribution is -2.18. The van der Waals surface area contributed by atoms with E-state index in [0.717, 1.165) is 10.9 Å². The number of nitrogen functional groups attached to an aromatic ring is 1. The minimum Gasteiger partial charge on any atom is -0.368 e. The summed E-state index contributed by atoms with van der Waals surface area (Å²) in [6, 6.07) is 11.9. The van der Waals surface area contributed by atoms with Crippen LogP contribution in [-0.2, 0) is 5.41 Å². The maximum Gasteiger partial charge on any atom is 0.223 e. The van der Waals surface area contributed by atoms with Crippen molar-refractivity contribution in [1.29, 1.82) is 0 Å². The van der Waals surface area contributed by atoms with Gasteiger partial charge in [-0.15, -0.1) is 0 Å². The van der Waals surface area contributed by atoms with Crippen LogP contribution >= 0.6 is 0 Å². The summed E-state index contributed by atoms with van der Waals surface area (Å²) in [5.74, 6) is 1.40. The number of benzene rings is 1. The highest BCUT2D eigenvalue weighted by molar-refractivity contribution is 5.80. The van der Waals surface area contributed by atoms with Crippen LogP contribution in [0, 0.1) is 0 Å². The van der Waals surface area contributed by atoms with Gasteiger partial charge >= 0.3 is 0 Å². The minimum absolute atomic E-state index is 0.192. The molecule has 2 heterocycles. The molecule has 1 aromatic carbocycles. The molecule has 0 spiro atoms. The summed E-state index contributed by atoms with van der Waals surface area (Å²) >= 11 is 0. The molecule has 0 unspecified atom stereocenters. The molecule has 2 N–H and O–H groups in total. The molecule has 2 aromatic heterocycles. The second-order valence-electron chi connectivity index (χ2n) is 5.98. The van der Waals surface area contributed by atoms with Crippen molar-refractivity contribution in [1.82, 2.24) is 19.9 Å². The van der Waals surface area contributed by atoms with Crippen LogP contribution in [0.1, 0.15) is 26.6 Å². The van der Waals surface area contributed by atoms with Crippen LogP contribution in [0.2, 0.25) is 0 Å². The molecule has 0 saturated heterocycles. The zero-order valence-electron chi connectivity index (χ0n) is 12.3. The minimum atomic E-state index is -0.192. The molecule has 0 amide bonds. The van der Waals surface area contributed by atoms with Gasteiger partial charge in [-0.05, 0) is 12.1 Å². The van der Waals surface area contributed by atoms with Crippen LogP contribution < -0.4 is 5.73 Å². The lowest BCUT2D eigenvalue weighted by atomic mass is 9.96. The topological polar surface area (TPSA) is 77.6 Å². The quantitative estimate of drug-likeness (QED) is 0.741. The molecule has 0 aliphatic rings. The smallest absolute Gasteiger partial charge is 0.223 e. The second-order valence-corrected chi connectivity index (χ2v) is 5.98. The highest BCUT2D eigenvalue weighted by atomic mass is 15.1. The summed E-state index contributed by atoms with van der Waals surface area (Å²) in [5.41, 5.74) is 7.24. The van der Waals surface area contributed by atoms with Gasteiger partial charge in [0.15, 0.2) is 5.82 Å². The first-order valence-corrected chi connectivity index (χ1v) is 6.82. The van der Waals surface area contributed by atoms with E-state index in [1.807, 2.05) is 57.2 Å². The van der Waals surface area contributed by atoms with Crippen molar-refractivity contribution in [3.05, 3.63) is 42.2 Å². The molecule has 0 fully saturated rings. The molecular weight excluding hydrogens is 262 g/mol. The molecule has 3 aromatic rings. The molecule has 21 heavy (non-hydrogen) atoms. The second kappa shape index (κ2) is 4.77. The van der Waals surface area contributed by atoms with Gasteiger partial charge in [-0.2, -0.15) is 9.97 Å². The summed E-state index contributed by atoms with van der Waals surface area (Å²) in [7, 11) is 0. The SMILES string of the molecule is CC(C)(C)c1nc(N)nc(-c2ccc3ccccc3n2)n1. The Balaban J connectivity index is 2.16. The largest absolute Gasteiger partial charge is 0.368 e. The molecule has 5 heteroatoms. The standard InChI is InChI=1S/C16H17N5/c1-16(2,3)14-19-13(20-15(17)21-14)12-9-8-10-6-4-5-7-11(10)18-12/h4-9H,1-3H3,(H2,17,19,20,21). The van der Waals surface area contributed by atoms with Crippen LogP contribution in [0.25, 0.3) is 22.4 Å². The van der Waals surface area contributed by atoms with Crippen LogP contribution in [0.4, 0.5) is 5.95 Å². The third-order valence-electron chi connectivity index (χ3n) is 3.15. The van der Waals surface area contributed by atoms with Crippen molar-refractivity contribution in [2.45, 2.75) is 26.2 Å². The van der Waals surface area contributed by atoms with Gasteiger partial charge in [0, 0.05) is 10.8 Å². The Kier molecular flexibility index (Phi) is 3.05. The van der Waals surface area contributed by atoms with Crippen LogP contribution in [-0.4, -0.2) is 19.9 Å². The highest BCUT2D eigenvalue weighted by Crippen LogP contribution is 2.23. The molecule has 106 valence electrons. The summed E-state index contributed by atoms with van der Waals surface area (Å²) in [5, 5.41) is 1.08. The first-order chi connectivity index (χ1) is 9.93. The molecule has 0 radical (unpaired) electrons. The molecule has 3 rings (SSSR count). The van der Waals surface area contributed by atoms with E-state index in [1.165, 1.54) is 0 Å². The summed E-state index contributed by atoms with van der Waals surface area (Å²) < 4.78 is 0. The summed E-state index contributed by atoms with van der Waals surface area (Å²) in [6.45, 7) is 6.12. The Hall–Kier alpha value is -2.56. The number of pyridine rings is 1. The first kappa shape index (κ1) is 13.4. The van der Waals surface area contributed by atoms with Crippen molar-refractivity contribution >= 4 is 16.9 Å². The monoisotopic (exact) mass is 279 g/mol. The van der Waals surface area contributed by atoms with E-state index in [0.29, 0.717) is 17.3 Å². The van der Waals surface area contributed by atoms with E-state index in [1.54, 1.807) is 0 Å². The number of nitrogens with two attached hydrogens (primary N) is 1. The van der Waals surface area contributed by atoms with Gasteiger partial charge in [-0.1, -0.05) is 45.0 Å². The third kappa shape index (κ3) is 2.67. The Morgan fingerprint density at radius 3 is 2.38 bits per heavy atom. The predicted molar refractivity (Wildman–Crippen MR) is 83.7 cm³/mol. The number of para-hydroxylation sites is 1. The number of rotatable bonds is 1. The number of hydrogen-bond donors (Lipinski definition) is 1. The van der Waals surface area contributed by atoms with E-state index in [2.05, 4.69) is 19.9 Å². The molecular formula is C16H17N5. The third-order valence-corrected chi connectivity index (χ3v) is 3.15. The Labute approximate surface area is 123 Å². The van der Waals surface area contributed by atoms with E-state index < -0.39 is 0 Å². The number of hydrogen-bond acceptors (Lipinski definition) is 5. The lowest BCUT2D eigenvalue weighted by molar-refractivity contribution is 0.544. The van der Waals surface area contributed by atoms with Crippen molar-refractivity contribution in [2.24, 2.45) is 0 Å². The molecule has 0 saturated carbocycles. The van der Waals surface area contributed by atoms with E-state index in [9.17, 15) is 0 Å². The van der Waals surface area contributed by atoms with Gasteiger partial charge in [0.1, 0.15) is 11.5 Å². The highest BCUT2D eigenvalue weighted by Gasteiger charge is 2.20. The van der Waals surface area contributed by atoms with Crippen molar-refractivity contribution in [3.63, 3.8) is 0 Å². The Morgan fingerprint density at radius 2 is 1.62 bits per heavy atom. The Morgan fingerprint density at radius 1 is 0.857 bits per heavy atom. The van der Waals surface area contributed by atoms with E-state index >= 15 is 0 Å². The maximum atomic E-state index is 5.82. The normalized spacial score (nSPS) is 11.8. The van der Waals surface area contributed by atoms with Gasteiger partial charge in [0.2, 0.25) is 5.95 Å². The summed E-state index contributed by atoms with van der Waals surface area (Å²) in [6.07, 6.45) is 0. The number of nitrogens with zero attached hydrogens (tertiary/aromatic N) is 4. The first-order valence-electron chi connectivity index (χ1n) is 6.82. The zero-order chi connectivity index (χ0) is 15.0. The number of fused-ring (bicyclic) bond motifs is 1. The lowest BCUT2D eigenvalue weighted by Gasteiger charge is -2.17. The fourth-order valence-corrected chi connectivity index (χ4v) is 2.03. The summed E-state index contributed by atoms with van der Waals surface area (Å²) in [4.78, 5) is 17.6. The molecule has 0 atom stereocenters. The van der Waals surface area contributed by atoms with Gasteiger partial charge < -0.3 is 5.73 Å². The fourth-order valence-electron chi connectivity index (χ4n) is 2.03. The average Bonchev–Trinajstić information content (AvgIpc) is 2.45. The van der Waals surface area contributed by atoms with E-state index in [4.69, 9.17) is 5.73 Å². The Bertz CT molecular complexity index is 805. The molecule has 0 bridgehead atoms. The van der Waals surface area contributed by atoms with Gasteiger partial charge in [0.25, 0.3) is 0 Å². The number of anilines is 1. The van der Waals surface area contributed by atoms with Crippen molar-refractivity contribution < 1.29 is 0 Å². The van der Waals surface area contributed by atoms with Crippen LogP contribution in [0.15, 0.2) is 36.4 Å². The average molecular weight is 279 g/mol. The molecule has 0 aliphatic carbocycles. The molecule has 5 nitrogen and oxygen atoms in total. The van der Waals surface area contributed by atoms with Crippen LogP contribution in [0.5, 0.6) is 0 Å².